The van der Waals surface area contributed by atoms with E-state index in [-0.39, 0.29) is 17.8 Å². The molecule has 0 aliphatic rings. The molecule has 0 saturated carbocycles. The van der Waals surface area contributed by atoms with Gasteiger partial charge >= 0.3 is 5.69 Å². The molecule has 1 heterocycles. The second-order valence-corrected chi connectivity index (χ2v) is 7.02. The summed E-state index contributed by atoms with van der Waals surface area (Å²) in [5.41, 5.74) is 3.10. The molecule has 0 radical (unpaired) electrons. The molecule has 0 bridgehead atoms. The lowest BCUT2D eigenvalue weighted by Gasteiger charge is -2.13. The second-order valence-electron chi connectivity index (χ2n) is 7.02. The third kappa shape index (κ3) is 4.09. The fourth-order valence-electron chi connectivity index (χ4n) is 3.22. The molecule has 0 atom stereocenters. The number of hydrogen-bond donors (Lipinski definition) is 0. The summed E-state index contributed by atoms with van der Waals surface area (Å²) >= 11 is 0. The van der Waals surface area contributed by atoms with E-state index in [0.29, 0.717) is 12.1 Å². The van der Waals surface area contributed by atoms with E-state index in [4.69, 9.17) is 0 Å². The van der Waals surface area contributed by atoms with Gasteiger partial charge in [-0.3, -0.25) is 9.36 Å². The molecule has 0 amide bonds. The lowest BCUT2D eigenvalue weighted by molar-refractivity contribution is 0.546. The summed E-state index contributed by atoms with van der Waals surface area (Å²) < 4.78 is 2.63. The summed E-state index contributed by atoms with van der Waals surface area (Å²) in [5, 5.41) is 4.44. The summed E-state index contributed by atoms with van der Waals surface area (Å²) in [5.74, 6) is 0. The lowest BCUT2D eigenvalue weighted by atomic mass is 10.1. The van der Waals surface area contributed by atoms with Gasteiger partial charge in [-0.15, -0.1) is 0 Å². The van der Waals surface area contributed by atoms with Gasteiger partial charge in [0.25, 0.3) is 5.56 Å². The normalized spacial score (nSPS) is 10.8. The van der Waals surface area contributed by atoms with Gasteiger partial charge in [-0.25, -0.2) is 9.48 Å². The van der Waals surface area contributed by atoms with Crippen molar-refractivity contribution in [1.29, 1.82) is 0 Å². The van der Waals surface area contributed by atoms with Crippen LogP contribution < -0.4 is 11.2 Å². The fraction of sp³-hybridized carbons (Fsp3) is 0.125. The van der Waals surface area contributed by atoms with Crippen molar-refractivity contribution < 1.29 is 0 Å². The van der Waals surface area contributed by atoms with Gasteiger partial charge in [0.1, 0.15) is 0 Å². The van der Waals surface area contributed by atoms with Crippen molar-refractivity contribution in [3.05, 3.63) is 122 Å². The van der Waals surface area contributed by atoms with Crippen molar-refractivity contribution in [3.63, 3.8) is 0 Å². The molecule has 3 aromatic carbocycles. The highest BCUT2D eigenvalue weighted by Crippen LogP contribution is 2.13. The number of aryl methyl sites for hydroxylation is 1. The number of hydrogen-bond acceptors (Lipinski definition) is 3. The van der Waals surface area contributed by atoms with E-state index in [0.717, 1.165) is 16.7 Å². The Hall–Kier alpha value is -3.73. The molecule has 0 aliphatic carbocycles. The molecule has 0 fully saturated rings. The SMILES string of the molecule is Cc1ccc(-c2nn(Cc3ccccc3)c(=O)n(Cc3ccccc3)c2=O)cc1. The highest BCUT2D eigenvalue weighted by atomic mass is 16.2. The molecule has 5 nitrogen and oxygen atoms in total. The monoisotopic (exact) mass is 383 g/mol. The quantitative estimate of drug-likeness (QED) is 0.530. The predicted octanol–water partition coefficient (Wildman–Crippen LogP) is 3.48. The van der Waals surface area contributed by atoms with Crippen LogP contribution in [0.15, 0.2) is 94.5 Å². The van der Waals surface area contributed by atoms with E-state index < -0.39 is 5.69 Å². The Morgan fingerprint density at radius 2 is 1.28 bits per heavy atom. The Morgan fingerprint density at radius 1 is 0.724 bits per heavy atom. The van der Waals surface area contributed by atoms with Gasteiger partial charge in [-0.05, 0) is 18.1 Å². The summed E-state index contributed by atoms with van der Waals surface area (Å²) in [6.45, 7) is 2.49. The maximum Gasteiger partial charge on any atom is 0.348 e. The Bertz CT molecular complexity index is 1230. The van der Waals surface area contributed by atoms with E-state index in [2.05, 4.69) is 5.10 Å². The summed E-state index contributed by atoms with van der Waals surface area (Å²) in [7, 11) is 0. The topological polar surface area (TPSA) is 56.9 Å². The summed E-state index contributed by atoms with van der Waals surface area (Å²) in [6, 6.07) is 26.7. The molecule has 0 N–H and O–H groups in total. The molecule has 5 heteroatoms. The van der Waals surface area contributed by atoms with Gasteiger partial charge in [0.05, 0.1) is 13.1 Å². The van der Waals surface area contributed by atoms with Crippen LogP contribution in [-0.2, 0) is 13.1 Å². The number of rotatable bonds is 5. The minimum atomic E-state index is -0.418. The van der Waals surface area contributed by atoms with Crippen molar-refractivity contribution in [2.45, 2.75) is 20.0 Å². The molecule has 1 aromatic heterocycles. The zero-order valence-corrected chi connectivity index (χ0v) is 16.2. The van der Waals surface area contributed by atoms with Crippen LogP contribution in [0.4, 0.5) is 0 Å². The first-order valence-corrected chi connectivity index (χ1v) is 9.48. The molecular formula is C24H21N3O2. The smallest absolute Gasteiger partial charge is 0.267 e. The highest BCUT2D eigenvalue weighted by molar-refractivity contribution is 5.57. The van der Waals surface area contributed by atoms with E-state index in [9.17, 15) is 9.59 Å². The largest absolute Gasteiger partial charge is 0.348 e. The average Bonchev–Trinajstić information content (AvgIpc) is 2.75. The van der Waals surface area contributed by atoms with Crippen LogP contribution in [-0.4, -0.2) is 14.3 Å². The van der Waals surface area contributed by atoms with Crippen molar-refractivity contribution >= 4 is 0 Å². The zero-order chi connectivity index (χ0) is 20.2. The predicted molar refractivity (Wildman–Crippen MR) is 114 cm³/mol. The van der Waals surface area contributed by atoms with E-state index in [1.54, 1.807) is 0 Å². The van der Waals surface area contributed by atoms with Crippen molar-refractivity contribution in [2.75, 3.05) is 0 Å². The Balaban J connectivity index is 1.87. The van der Waals surface area contributed by atoms with Crippen molar-refractivity contribution in [3.8, 4) is 11.3 Å². The van der Waals surface area contributed by atoms with Crippen LogP contribution in [0.25, 0.3) is 11.3 Å². The molecule has 29 heavy (non-hydrogen) atoms. The van der Waals surface area contributed by atoms with E-state index in [1.165, 1.54) is 9.25 Å². The zero-order valence-electron chi connectivity index (χ0n) is 16.2. The molecule has 4 rings (SSSR count). The molecule has 144 valence electrons. The van der Waals surface area contributed by atoms with Crippen LogP contribution in [0, 0.1) is 6.92 Å². The molecule has 0 spiro atoms. The lowest BCUT2D eigenvalue weighted by Crippen LogP contribution is -2.42. The minimum absolute atomic E-state index is 0.203. The van der Waals surface area contributed by atoms with Gasteiger partial charge in [0, 0.05) is 5.56 Å². The summed E-state index contributed by atoms with van der Waals surface area (Å²) in [6.07, 6.45) is 0. The summed E-state index contributed by atoms with van der Waals surface area (Å²) in [4.78, 5) is 26.3. The van der Waals surface area contributed by atoms with Crippen LogP contribution >= 0.6 is 0 Å². The van der Waals surface area contributed by atoms with Gasteiger partial charge in [-0.1, -0.05) is 90.5 Å². The van der Waals surface area contributed by atoms with Crippen molar-refractivity contribution in [2.24, 2.45) is 0 Å². The number of aromatic nitrogens is 3. The number of nitrogens with zero attached hydrogens (tertiary/aromatic N) is 3. The minimum Gasteiger partial charge on any atom is -0.267 e. The molecule has 0 aliphatic heterocycles. The van der Waals surface area contributed by atoms with Gasteiger partial charge in [0.15, 0.2) is 5.69 Å². The van der Waals surface area contributed by atoms with E-state index in [1.807, 2.05) is 91.9 Å². The third-order valence-electron chi connectivity index (χ3n) is 4.80. The van der Waals surface area contributed by atoms with E-state index >= 15 is 0 Å². The van der Waals surface area contributed by atoms with Crippen LogP contribution in [0.5, 0.6) is 0 Å². The maximum absolute atomic E-state index is 13.2. The van der Waals surface area contributed by atoms with Crippen molar-refractivity contribution in [1.82, 2.24) is 14.3 Å². The second kappa shape index (κ2) is 8.10. The average molecular weight is 383 g/mol. The Kier molecular flexibility index (Phi) is 5.20. The fourth-order valence-corrected chi connectivity index (χ4v) is 3.22. The van der Waals surface area contributed by atoms with Gasteiger partial charge in [0.2, 0.25) is 0 Å². The van der Waals surface area contributed by atoms with Crippen LogP contribution in [0.3, 0.4) is 0 Å². The third-order valence-corrected chi connectivity index (χ3v) is 4.80. The standard InChI is InChI=1S/C24H21N3O2/c1-18-12-14-21(15-13-18)22-23(28)26(16-19-8-4-2-5-9-19)24(29)27(25-22)17-20-10-6-3-7-11-20/h2-15H,16-17H2,1H3. The molecule has 0 unspecified atom stereocenters. The molecule has 4 aromatic rings. The van der Waals surface area contributed by atoms with Crippen LogP contribution in [0.2, 0.25) is 0 Å². The Morgan fingerprint density at radius 3 is 1.86 bits per heavy atom. The van der Waals surface area contributed by atoms with Crippen LogP contribution in [0.1, 0.15) is 16.7 Å². The van der Waals surface area contributed by atoms with Gasteiger partial charge in [-0.2, -0.15) is 5.10 Å². The first-order chi connectivity index (χ1) is 14.1. The Labute approximate surface area is 168 Å². The first kappa shape index (κ1) is 18.6. The maximum atomic E-state index is 13.2. The first-order valence-electron chi connectivity index (χ1n) is 9.48. The van der Waals surface area contributed by atoms with Gasteiger partial charge < -0.3 is 0 Å². The molecular weight excluding hydrogens is 362 g/mol. The number of benzene rings is 3. The molecule has 0 saturated heterocycles. The highest BCUT2D eigenvalue weighted by Gasteiger charge is 2.15.